The lowest BCUT2D eigenvalue weighted by Crippen LogP contribution is -2.21. The van der Waals surface area contributed by atoms with Crippen LogP contribution in [0.25, 0.3) is 10.9 Å². The van der Waals surface area contributed by atoms with Crippen molar-refractivity contribution in [1.82, 2.24) is 4.98 Å². The van der Waals surface area contributed by atoms with Crippen LogP contribution in [-0.4, -0.2) is 10.8 Å². The summed E-state index contributed by atoms with van der Waals surface area (Å²) in [5, 5.41) is 4.41. The van der Waals surface area contributed by atoms with E-state index in [9.17, 15) is 4.79 Å². The zero-order valence-electron chi connectivity index (χ0n) is 15.3. The smallest absolute Gasteiger partial charge is 0.191 e. The molecule has 0 saturated carbocycles. The number of hydrogen-bond acceptors (Lipinski definition) is 2. The summed E-state index contributed by atoms with van der Waals surface area (Å²) >= 11 is 0. The second kappa shape index (κ2) is 7.50. The van der Waals surface area contributed by atoms with Crippen LogP contribution in [0.3, 0.4) is 0 Å². The van der Waals surface area contributed by atoms with Gasteiger partial charge in [-0.1, -0.05) is 67.6 Å². The largest absolute Gasteiger partial charge is 0.371 e. The summed E-state index contributed by atoms with van der Waals surface area (Å²) in [5.41, 5.74) is 4.83. The van der Waals surface area contributed by atoms with Crippen LogP contribution in [0.2, 0.25) is 0 Å². The van der Waals surface area contributed by atoms with Gasteiger partial charge in [-0.15, -0.1) is 0 Å². The molecule has 27 heavy (non-hydrogen) atoms. The third-order valence-electron chi connectivity index (χ3n) is 4.90. The molecule has 0 aliphatic heterocycles. The zero-order chi connectivity index (χ0) is 18.6. The van der Waals surface area contributed by atoms with Crippen molar-refractivity contribution in [3.8, 4) is 0 Å². The third kappa shape index (κ3) is 3.49. The van der Waals surface area contributed by atoms with Crippen molar-refractivity contribution in [1.29, 1.82) is 0 Å². The Morgan fingerprint density at radius 2 is 1.74 bits per heavy atom. The molecule has 0 amide bonds. The molecule has 0 fully saturated rings. The third-order valence-corrected chi connectivity index (χ3v) is 4.90. The lowest BCUT2D eigenvalue weighted by molar-refractivity contribution is 0.0971. The number of aromatic amines is 1. The van der Waals surface area contributed by atoms with Gasteiger partial charge in [-0.05, 0) is 35.7 Å². The van der Waals surface area contributed by atoms with Crippen LogP contribution in [0, 0.1) is 0 Å². The van der Waals surface area contributed by atoms with Crippen LogP contribution in [0.4, 0.5) is 5.69 Å². The molecule has 1 atom stereocenters. The standard InChI is InChI=1S/C24H22N2O/c1-2-17-9-8-12-19(15-17)26-23(18-10-4-3-5-11-18)24(27)21-16-25-22-14-7-6-13-20(21)22/h3-16,23,25-26H,2H2,1H3. The highest BCUT2D eigenvalue weighted by molar-refractivity contribution is 6.11. The second-order valence-corrected chi connectivity index (χ2v) is 6.65. The van der Waals surface area contributed by atoms with E-state index in [4.69, 9.17) is 0 Å². The number of anilines is 1. The number of rotatable bonds is 6. The minimum absolute atomic E-state index is 0.0561. The number of H-pyrrole nitrogens is 1. The first kappa shape index (κ1) is 17.1. The number of carbonyl (C=O) groups excluding carboxylic acids is 1. The lowest BCUT2D eigenvalue weighted by atomic mass is 9.96. The molecule has 134 valence electrons. The molecule has 3 heteroatoms. The van der Waals surface area contributed by atoms with E-state index in [1.54, 1.807) is 0 Å². The van der Waals surface area contributed by atoms with Crippen LogP contribution in [0.5, 0.6) is 0 Å². The zero-order valence-corrected chi connectivity index (χ0v) is 15.3. The number of aryl methyl sites for hydroxylation is 1. The molecule has 4 rings (SSSR count). The summed E-state index contributed by atoms with van der Waals surface area (Å²) < 4.78 is 0. The molecule has 0 radical (unpaired) electrons. The summed E-state index contributed by atoms with van der Waals surface area (Å²) in [6, 6.07) is 25.6. The molecule has 1 unspecified atom stereocenters. The van der Waals surface area contributed by atoms with Gasteiger partial charge in [0, 0.05) is 28.4 Å². The SMILES string of the molecule is CCc1cccc(NC(C(=O)c2c[nH]c3ccccc23)c2ccccc2)c1. The normalized spacial score (nSPS) is 12.0. The average Bonchev–Trinajstić information content (AvgIpc) is 3.16. The number of carbonyl (C=O) groups is 1. The van der Waals surface area contributed by atoms with Crippen LogP contribution >= 0.6 is 0 Å². The summed E-state index contributed by atoms with van der Waals surface area (Å²) in [4.78, 5) is 16.7. The lowest BCUT2D eigenvalue weighted by Gasteiger charge is -2.20. The molecular formula is C24H22N2O. The Hall–Kier alpha value is -3.33. The monoisotopic (exact) mass is 354 g/mol. The predicted molar refractivity (Wildman–Crippen MR) is 111 cm³/mol. The molecule has 3 aromatic carbocycles. The molecule has 0 saturated heterocycles. The highest BCUT2D eigenvalue weighted by atomic mass is 16.1. The fourth-order valence-electron chi connectivity index (χ4n) is 3.42. The van der Waals surface area contributed by atoms with Gasteiger partial charge in [0.25, 0.3) is 0 Å². The van der Waals surface area contributed by atoms with Crippen molar-refractivity contribution in [2.24, 2.45) is 0 Å². The number of benzene rings is 3. The van der Waals surface area contributed by atoms with Gasteiger partial charge in [0.15, 0.2) is 5.78 Å². The van der Waals surface area contributed by atoms with Crippen molar-refractivity contribution < 1.29 is 4.79 Å². The molecule has 0 aliphatic rings. The van der Waals surface area contributed by atoms with E-state index >= 15 is 0 Å². The van der Waals surface area contributed by atoms with Crippen LogP contribution in [-0.2, 0) is 6.42 Å². The maximum Gasteiger partial charge on any atom is 0.191 e. The van der Waals surface area contributed by atoms with Gasteiger partial charge < -0.3 is 10.3 Å². The first-order chi connectivity index (χ1) is 13.3. The Morgan fingerprint density at radius 1 is 0.963 bits per heavy atom. The maximum atomic E-state index is 13.5. The van der Waals surface area contributed by atoms with Gasteiger partial charge in [0.1, 0.15) is 6.04 Å². The van der Waals surface area contributed by atoms with E-state index in [0.717, 1.165) is 28.6 Å². The minimum atomic E-state index is -0.447. The quantitative estimate of drug-likeness (QED) is 0.432. The molecule has 4 aromatic rings. The fraction of sp³-hybridized carbons (Fsp3) is 0.125. The van der Waals surface area contributed by atoms with Gasteiger partial charge in [-0.3, -0.25) is 4.79 Å². The van der Waals surface area contributed by atoms with Crippen LogP contribution in [0.1, 0.15) is 34.5 Å². The predicted octanol–water partition coefficient (Wildman–Crippen LogP) is 5.77. The fourth-order valence-corrected chi connectivity index (χ4v) is 3.42. The molecule has 1 heterocycles. The molecular weight excluding hydrogens is 332 g/mol. The summed E-state index contributed by atoms with van der Waals surface area (Å²) in [6.07, 6.45) is 2.77. The van der Waals surface area contributed by atoms with Gasteiger partial charge >= 0.3 is 0 Å². The highest BCUT2D eigenvalue weighted by Gasteiger charge is 2.24. The number of Topliss-reactive ketones (excluding diaryl/α,β-unsaturated/α-hetero) is 1. The van der Waals surface area contributed by atoms with E-state index < -0.39 is 6.04 Å². The molecule has 0 aliphatic carbocycles. The Labute approximate surface area is 159 Å². The first-order valence-corrected chi connectivity index (χ1v) is 9.27. The van der Waals surface area contributed by atoms with Crippen molar-refractivity contribution in [3.63, 3.8) is 0 Å². The highest BCUT2D eigenvalue weighted by Crippen LogP contribution is 2.28. The summed E-state index contributed by atoms with van der Waals surface area (Å²) in [5.74, 6) is 0.0561. The van der Waals surface area contributed by atoms with Crippen LogP contribution < -0.4 is 5.32 Å². The number of aromatic nitrogens is 1. The van der Waals surface area contributed by atoms with E-state index in [2.05, 4.69) is 29.4 Å². The van der Waals surface area contributed by atoms with Crippen molar-refractivity contribution in [2.75, 3.05) is 5.32 Å². The van der Waals surface area contributed by atoms with E-state index in [1.165, 1.54) is 5.56 Å². The van der Waals surface area contributed by atoms with E-state index in [0.29, 0.717) is 5.56 Å². The Kier molecular flexibility index (Phi) is 4.75. The minimum Gasteiger partial charge on any atom is -0.371 e. The second-order valence-electron chi connectivity index (χ2n) is 6.65. The molecule has 0 spiro atoms. The number of fused-ring (bicyclic) bond motifs is 1. The molecule has 0 bridgehead atoms. The number of nitrogens with one attached hydrogen (secondary N) is 2. The number of para-hydroxylation sites is 1. The Bertz CT molecular complexity index is 1070. The van der Waals surface area contributed by atoms with Gasteiger partial charge in [-0.25, -0.2) is 0 Å². The Morgan fingerprint density at radius 3 is 2.56 bits per heavy atom. The summed E-state index contributed by atoms with van der Waals surface area (Å²) in [6.45, 7) is 2.13. The van der Waals surface area contributed by atoms with Crippen molar-refractivity contribution >= 4 is 22.4 Å². The van der Waals surface area contributed by atoms with Crippen LogP contribution in [0.15, 0.2) is 85.1 Å². The summed E-state index contributed by atoms with van der Waals surface area (Å²) in [7, 11) is 0. The molecule has 2 N–H and O–H groups in total. The molecule has 1 aromatic heterocycles. The Balaban J connectivity index is 1.74. The van der Waals surface area contributed by atoms with E-state index in [1.807, 2.05) is 72.9 Å². The van der Waals surface area contributed by atoms with Crippen molar-refractivity contribution in [3.05, 3.63) is 102 Å². The topological polar surface area (TPSA) is 44.9 Å². The van der Waals surface area contributed by atoms with Crippen molar-refractivity contribution in [2.45, 2.75) is 19.4 Å². The van der Waals surface area contributed by atoms with E-state index in [-0.39, 0.29) is 5.78 Å². The van der Waals surface area contributed by atoms with Gasteiger partial charge in [-0.2, -0.15) is 0 Å². The molecule has 3 nitrogen and oxygen atoms in total. The number of hydrogen-bond donors (Lipinski definition) is 2. The number of ketones is 1. The maximum absolute atomic E-state index is 13.5. The first-order valence-electron chi connectivity index (χ1n) is 9.27. The average molecular weight is 354 g/mol. The van der Waals surface area contributed by atoms with Gasteiger partial charge in [0.05, 0.1) is 0 Å². The van der Waals surface area contributed by atoms with Gasteiger partial charge in [0.2, 0.25) is 0 Å².